The van der Waals surface area contributed by atoms with Crippen LogP contribution in [0.25, 0.3) is 22.2 Å². The van der Waals surface area contributed by atoms with Gasteiger partial charge in [0.2, 0.25) is 0 Å². The number of nitrogens with zero attached hydrogens (tertiary/aromatic N) is 1. The molecule has 0 N–H and O–H groups in total. The first-order valence-corrected chi connectivity index (χ1v) is 6.48. The maximum atomic E-state index is 5.26. The Morgan fingerprint density at radius 1 is 0.895 bits per heavy atom. The van der Waals surface area contributed by atoms with Crippen molar-refractivity contribution < 1.29 is 4.42 Å². The van der Waals surface area contributed by atoms with Gasteiger partial charge in [-0.05, 0) is 34.2 Å². The van der Waals surface area contributed by atoms with Crippen LogP contribution >= 0.6 is 0 Å². The lowest BCUT2D eigenvalue weighted by atomic mass is 9.86. The molecule has 0 aliphatic heterocycles. The van der Waals surface area contributed by atoms with Gasteiger partial charge in [0, 0.05) is 0 Å². The van der Waals surface area contributed by atoms with E-state index in [0.29, 0.717) is 0 Å². The standard InChI is InChI=1S/C17H17NO/c1-17(2,3)14-7-4-12(5-8-14)13-6-9-16-15(10-13)18-11-19-16/h4-11H,1-3H3. The summed E-state index contributed by atoms with van der Waals surface area (Å²) in [5.74, 6) is 0. The summed E-state index contributed by atoms with van der Waals surface area (Å²) in [7, 11) is 0. The second kappa shape index (κ2) is 4.23. The molecule has 0 amide bonds. The van der Waals surface area contributed by atoms with Gasteiger partial charge in [0.15, 0.2) is 12.0 Å². The fourth-order valence-electron chi connectivity index (χ4n) is 2.20. The summed E-state index contributed by atoms with van der Waals surface area (Å²) in [4.78, 5) is 4.20. The van der Waals surface area contributed by atoms with E-state index in [1.807, 2.05) is 6.07 Å². The molecule has 0 aliphatic carbocycles. The average Bonchev–Trinajstić information content (AvgIpc) is 2.85. The highest BCUT2D eigenvalue weighted by Crippen LogP contribution is 2.27. The molecule has 0 saturated carbocycles. The van der Waals surface area contributed by atoms with E-state index >= 15 is 0 Å². The maximum absolute atomic E-state index is 5.26. The van der Waals surface area contributed by atoms with Gasteiger partial charge in [-0.3, -0.25) is 0 Å². The number of benzene rings is 2. The van der Waals surface area contributed by atoms with Crippen LogP contribution in [0.1, 0.15) is 26.3 Å². The highest BCUT2D eigenvalue weighted by atomic mass is 16.3. The summed E-state index contributed by atoms with van der Waals surface area (Å²) < 4.78 is 5.26. The van der Waals surface area contributed by atoms with E-state index in [4.69, 9.17) is 4.42 Å². The zero-order valence-corrected chi connectivity index (χ0v) is 11.5. The Balaban J connectivity index is 2.01. The van der Waals surface area contributed by atoms with Gasteiger partial charge in [0.25, 0.3) is 0 Å². The number of hydrogen-bond donors (Lipinski definition) is 0. The quantitative estimate of drug-likeness (QED) is 0.621. The first-order valence-electron chi connectivity index (χ1n) is 6.48. The van der Waals surface area contributed by atoms with Gasteiger partial charge >= 0.3 is 0 Å². The highest BCUT2D eigenvalue weighted by molar-refractivity contribution is 5.80. The second-order valence-electron chi connectivity index (χ2n) is 5.86. The van der Waals surface area contributed by atoms with Crippen molar-refractivity contribution in [3.63, 3.8) is 0 Å². The van der Waals surface area contributed by atoms with Gasteiger partial charge in [-0.2, -0.15) is 0 Å². The topological polar surface area (TPSA) is 26.0 Å². The summed E-state index contributed by atoms with van der Waals surface area (Å²) in [6, 6.07) is 14.8. The van der Waals surface area contributed by atoms with Crippen LogP contribution in [0, 0.1) is 0 Å². The van der Waals surface area contributed by atoms with E-state index in [1.165, 1.54) is 23.1 Å². The molecule has 3 aromatic rings. The van der Waals surface area contributed by atoms with Crippen molar-refractivity contribution >= 4 is 11.1 Å². The van der Waals surface area contributed by atoms with Crippen LogP contribution in [0.15, 0.2) is 53.3 Å². The van der Waals surface area contributed by atoms with E-state index in [-0.39, 0.29) is 5.41 Å². The van der Waals surface area contributed by atoms with Crippen LogP contribution in [0.5, 0.6) is 0 Å². The van der Waals surface area contributed by atoms with Crippen molar-refractivity contribution in [1.82, 2.24) is 4.98 Å². The van der Waals surface area contributed by atoms with Crippen LogP contribution in [-0.2, 0) is 5.41 Å². The number of rotatable bonds is 1. The molecule has 3 rings (SSSR count). The lowest BCUT2D eigenvalue weighted by molar-refractivity contribution is 0.590. The van der Waals surface area contributed by atoms with E-state index in [1.54, 1.807) is 0 Å². The Kier molecular flexibility index (Phi) is 2.67. The van der Waals surface area contributed by atoms with Crippen molar-refractivity contribution in [1.29, 1.82) is 0 Å². The largest absolute Gasteiger partial charge is 0.443 e. The highest BCUT2D eigenvalue weighted by Gasteiger charge is 2.13. The van der Waals surface area contributed by atoms with Crippen molar-refractivity contribution in [2.45, 2.75) is 26.2 Å². The van der Waals surface area contributed by atoms with Gasteiger partial charge in [-0.15, -0.1) is 0 Å². The van der Waals surface area contributed by atoms with Crippen LogP contribution < -0.4 is 0 Å². The fourth-order valence-corrected chi connectivity index (χ4v) is 2.20. The molecule has 2 nitrogen and oxygen atoms in total. The average molecular weight is 251 g/mol. The molecule has 0 aliphatic rings. The molecule has 2 heteroatoms. The Morgan fingerprint density at radius 3 is 2.26 bits per heavy atom. The molecule has 19 heavy (non-hydrogen) atoms. The molecule has 0 atom stereocenters. The minimum absolute atomic E-state index is 0.189. The van der Waals surface area contributed by atoms with Crippen LogP contribution in [0.4, 0.5) is 0 Å². The molecular formula is C17H17NO. The molecule has 0 radical (unpaired) electrons. The van der Waals surface area contributed by atoms with E-state index in [2.05, 4.69) is 62.2 Å². The first kappa shape index (κ1) is 12.0. The van der Waals surface area contributed by atoms with Gasteiger partial charge in [0.1, 0.15) is 5.52 Å². The smallest absolute Gasteiger partial charge is 0.181 e. The number of hydrogen-bond acceptors (Lipinski definition) is 2. The maximum Gasteiger partial charge on any atom is 0.181 e. The molecule has 2 aromatic carbocycles. The van der Waals surface area contributed by atoms with Gasteiger partial charge in [-0.25, -0.2) is 4.98 Å². The molecule has 0 fully saturated rings. The van der Waals surface area contributed by atoms with Crippen LogP contribution in [0.2, 0.25) is 0 Å². The molecular weight excluding hydrogens is 234 g/mol. The lowest BCUT2D eigenvalue weighted by Gasteiger charge is -2.19. The summed E-state index contributed by atoms with van der Waals surface area (Å²) in [5, 5.41) is 0. The first-order chi connectivity index (χ1) is 9.04. The Hall–Kier alpha value is -2.09. The minimum Gasteiger partial charge on any atom is -0.443 e. The molecule has 1 aromatic heterocycles. The molecule has 96 valence electrons. The number of fused-ring (bicyclic) bond motifs is 1. The third-order valence-electron chi connectivity index (χ3n) is 3.41. The number of aromatic nitrogens is 1. The third kappa shape index (κ3) is 2.26. The SMILES string of the molecule is CC(C)(C)c1ccc(-c2ccc3ocnc3c2)cc1. The molecule has 0 bridgehead atoms. The van der Waals surface area contributed by atoms with Crippen molar-refractivity contribution in [2.24, 2.45) is 0 Å². The lowest BCUT2D eigenvalue weighted by Crippen LogP contribution is -2.10. The molecule has 0 saturated heterocycles. The van der Waals surface area contributed by atoms with Crippen LogP contribution in [-0.4, -0.2) is 4.98 Å². The van der Waals surface area contributed by atoms with E-state index in [9.17, 15) is 0 Å². The second-order valence-corrected chi connectivity index (χ2v) is 5.86. The van der Waals surface area contributed by atoms with Gasteiger partial charge in [-0.1, -0.05) is 51.1 Å². The Bertz CT molecular complexity index is 702. The zero-order chi connectivity index (χ0) is 13.5. The summed E-state index contributed by atoms with van der Waals surface area (Å²) >= 11 is 0. The number of oxazole rings is 1. The summed E-state index contributed by atoms with van der Waals surface area (Å²) in [5.41, 5.74) is 5.64. The van der Waals surface area contributed by atoms with E-state index in [0.717, 1.165) is 11.1 Å². The third-order valence-corrected chi connectivity index (χ3v) is 3.41. The zero-order valence-electron chi connectivity index (χ0n) is 11.5. The Labute approximate surface area is 113 Å². The predicted molar refractivity (Wildman–Crippen MR) is 78.1 cm³/mol. The van der Waals surface area contributed by atoms with Crippen molar-refractivity contribution in [3.05, 3.63) is 54.4 Å². The van der Waals surface area contributed by atoms with Crippen molar-refractivity contribution in [2.75, 3.05) is 0 Å². The van der Waals surface area contributed by atoms with Crippen LogP contribution in [0.3, 0.4) is 0 Å². The van der Waals surface area contributed by atoms with Gasteiger partial charge < -0.3 is 4.42 Å². The van der Waals surface area contributed by atoms with Gasteiger partial charge in [0.05, 0.1) is 0 Å². The molecule has 1 heterocycles. The summed E-state index contributed by atoms with van der Waals surface area (Å²) in [6.07, 6.45) is 1.48. The van der Waals surface area contributed by atoms with E-state index < -0.39 is 0 Å². The monoisotopic (exact) mass is 251 g/mol. The molecule has 0 spiro atoms. The molecule has 0 unspecified atom stereocenters. The predicted octanol–water partition coefficient (Wildman–Crippen LogP) is 4.79. The fraction of sp³-hybridized carbons (Fsp3) is 0.235. The normalized spacial score (nSPS) is 11.9. The van der Waals surface area contributed by atoms with Crippen molar-refractivity contribution in [3.8, 4) is 11.1 Å². The minimum atomic E-state index is 0.189. The summed E-state index contributed by atoms with van der Waals surface area (Å²) in [6.45, 7) is 6.68. The Morgan fingerprint density at radius 2 is 1.58 bits per heavy atom.